The van der Waals surface area contributed by atoms with Crippen molar-refractivity contribution in [3.8, 4) is 0 Å². The number of halogens is 1. The molecule has 27 heavy (non-hydrogen) atoms. The summed E-state index contributed by atoms with van der Waals surface area (Å²) < 4.78 is 13.8. The SMILES string of the molecule is CCNC(=NCc1ncccc1F)NCC(c1ccccc1)N(CC)CC. The Morgan fingerprint density at radius 1 is 1.07 bits per heavy atom. The second-order valence-electron chi connectivity index (χ2n) is 6.16. The van der Waals surface area contributed by atoms with Crippen molar-refractivity contribution in [3.05, 3.63) is 65.7 Å². The fourth-order valence-corrected chi connectivity index (χ4v) is 3.02. The Balaban J connectivity index is 2.11. The first-order chi connectivity index (χ1) is 13.2. The van der Waals surface area contributed by atoms with Crippen LogP contribution in [0.15, 0.2) is 53.7 Å². The van der Waals surface area contributed by atoms with Crippen molar-refractivity contribution in [2.75, 3.05) is 26.2 Å². The molecule has 0 fully saturated rings. The molecule has 1 aromatic carbocycles. The van der Waals surface area contributed by atoms with Crippen molar-refractivity contribution >= 4 is 5.96 Å². The lowest BCUT2D eigenvalue weighted by Crippen LogP contribution is -2.43. The minimum atomic E-state index is -0.331. The van der Waals surface area contributed by atoms with E-state index in [4.69, 9.17) is 0 Å². The van der Waals surface area contributed by atoms with E-state index < -0.39 is 0 Å². The van der Waals surface area contributed by atoms with Crippen LogP contribution in [-0.4, -0.2) is 42.0 Å². The summed E-state index contributed by atoms with van der Waals surface area (Å²) in [4.78, 5) is 11.0. The summed E-state index contributed by atoms with van der Waals surface area (Å²) in [5.41, 5.74) is 1.61. The first-order valence-corrected chi connectivity index (χ1v) is 9.60. The number of aliphatic imine (C=N–C) groups is 1. The molecule has 1 aromatic heterocycles. The van der Waals surface area contributed by atoms with Gasteiger partial charge in [-0.15, -0.1) is 0 Å². The summed E-state index contributed by atoms with van der Waals surface area (Å²) in [6.45, 7) is 9.92. The zero-order valence-electron chi connectivity index (χ0n) is 16.5. The third-order valence-corrected chi connectivity index (χ3v) is 4.47. The largest absolute Gasteiger partial charge is 0.357 e. The van der Waals surface area contributed by atoms with Crippen LogP contribution in [0.2, 0.25) is 0 Å². The number of nitrogens with one attached hydrogen (secondary N) is 2. The predicted octanol–water partition coefficient (Wildman–Crippen LogP) is 3.36. The van der Waals surface area contributed by atoms with Gasteiger partial charge in [0.05, 0.1) is 18.3 Å². The lowest BCUT2D eigenvalue weighted by atomic mass is 10.1. The number of nitrogens with zero attached hydrogens (tertiary/aromatic N) is 3. The summed E-state index contributed by atoms with van der Waals surface area (Å²) in [6.07, 6.45) is 1.58. The zero-order valence-corrected chi connectivity index (χ0v) is 16.5. The highest BCUT2D eigenvalue weighted by atomic mass is 19.1. The smallest absolute Gasteiger partial charge is 0.191 e. The number of aromatic nitrogens is 1. The molecule has 5 nitrogen and oxygen atoms in total. The maximum atomic E-state index is 13.8. The molecule has 0 saturated heterocycles. The first-order valence-electron chi connectivity index (χ1n) is 9.60. The molecule has 6 heteroatoms. The molecule has 0 amide bonds. The monoisotopic (exact) mass is 371 g/mol. The molecular formula is C21H30FN5. The molecular weight excluding hydrogens is 341 g/mol. The van der Waals surface area contributed by atoms with Gasteiger partial charge < -0.3 is 10.6 Å². The predicted molar refractivity (Wildman–Crippen MR) is 109 cm³/mol. The van der Waals surface area contributed by atoms with E-state index in [1.54, 1.807) is 12.3 Å². The van der Waals surface area contributed by atoms with Gasteiger partial charge in [-0.3, -0.25) is 9.88 Å². The number of rotatable bonds is 9. The Morgan fingerprint density at radius 3 is 2.44 bits per heavy atom. The summed E-state index contributed by atoms with van der Waals surface area (Å²) in [6, 6.07) is 13.7. The minimum Gasteiger partial charge on any atom is -0.357 e. The quantitative estimate of drug-likeness (QED) is 0.524. The highest BCUT2D eigenvalue weighted by Crippen LogP contribution is 2.19. The molecule has 146 valence electrons. The third kappa shape index (κ3) is 6.32. The van der Waals surface area contributed by atoms with E-state index in [1.165, 1.54) is 11.6 Å². The molecule has 1 atom stereocenters. The van der Waals surface area contributed by atoms with Crippen LogP contribution in [0.5, 0.6) is 0 Å². The molecule has 1 unspecified atom stereocenters. The van der Waals surface area contributed by atoms with Crippen LogP contribution in [0.3, 0.4) is 0 Å². The average molecular weight is 372 g/mol. The third-order valence-electron chi connectivity index (χ3n) is 4.47. The van der Waals surface area contributed by atoms with Gasteiger partial charge in [-0.05, 0) is 37.7 Å². The van der Waals surface area contributed by atoms with Crippen LogP contribution in [0.25, 0.3) is 0 Å². The second-order valence-corrected chi connectivity index (χ2v) is 6.16. The molecule has 2 aromatic rings. The number of guanidine groups is 1. The Kier molecular flexibility index (Phi) is 8.71. The van der Waals surface area contributed by atoms with Crippen LogP contribution in [0, 0.1) is 5.82 Å². The van der Waals surface area contributed by atoms with Crippen molar-refractivity contribution < 1.29 is 4.39 Å². The van der Waals surface area contributed by atoms with Crippen molar-refractivity contribution in [1.29, 1.82) is 0 Å². The lowest BCUT2D eigenvalue weighted by Gasteiger charge is -2.30. The number of benzene rings is 1. The van der Waals surface area contributed by atoms with Crippen LogP contribution >= 0.6 is 0 Å². The topological polar surface area (TPSA) is 52.6 Å². The van der Waals surface area contributed by atoms with E-state index in [0.29, 0.717) is 18.2 Å². The number of pyridine rings is 1. The zero-order chi connectivity index (χ0) is 19.5. The maximum Gasteiger partial charge on any atom is 0.191 e. The first kappa shape index (κ1) is 20.8. The molecule has 0 aliphatic carbocycles. The molecule has 0 radical (unpaired) electrons. The Labute approximate surface area is 161 Å². The molecule has 0 aliphatic rings. The Hall–Kier alpha value is -2.47. The Morgan fingerprint density at radius 2 is 1.81 bits per heavy atom. The van der Waals surface area contributed by atoms with Gasteiger partial charge in [0.1, 0.15) is 5.82 Å². The molecule has 2 N–H and O–H groups in total. The summed E-state index contributed by atoms with van der Waals surface area (Å²) in [5, 5.41) is 6.63. The molecule has 1 heterocycles. The highest BCUT2D eigenvalue weighted by Gasteiger charge is 2.18. The summed E-state index contributed by atoms with van der Waals surface area (Å²) in [7, 11) is 0. The van der Waals surface area contributed by atoms with Crippen molar-refractivity contribution in [2.24, 2.45) is 4.99 Å². The fourth-order valence-electron chi connectivity index (χ4n) is 3.02. The van der Waals surface area contributed by atoms with E-state index in [1.807, 2.05) is 13.0 Å². The van der Waals surface area contributed by atoms with Gasteiger partial charge in [-0.1, -0.05) is 44.2 Å². The Bertz CT molecular complexity index is 701. The van der Waals surface area contributed by atoms with Gasteiger partial charge >= 0.3 is 0 Å². The van der Waals surface area contributed by atoms with Gasteiger partial charge in [-0.25, -0.2) is 9.38 Å². The number of likely N-dealkylation sites (N-methyl/N-ethyl adjacent to an activating group) is 1. The second kappa shape index (κ2) is 11.3. The molecule has 2 rings (SSSR count). The van der Waals surface area contributed by atoms with Crippen LogP contribution in [0.4, 0.5) is 4.39 Å². The van der Waals surface area contributed by atoms with Crippen LogP contribution < -0.4 is 10.6 Å². The molecule has 0 saturated carbocycles. The molecule has 0 bridgehead atoms. The summed E-state index contributed by atoms with van der Waals surface area (Å²) in [5.74, 6) is 0.332. The van der Waals surface area contributed by atoms with E-state index >= 15 is 0 Å². The minimum absolute atomic E-state index is 0.198. The van der Waals surface area contributed by atoms with Crippen molar-refractivity contribution in [2.45, 2.75) is 33.4 Å². The van der Waals surface area contributed by atoms with E-state index in [2.05, 4.69) is 63.6 Å². The van der Waals surface area contributed by atoms with Gasteiger partial charge in [0.15, 0.2) is 5.96 Å². The summed E-state index contributed by atoms with van der Waals surface area (Å²) >= 11 is 0. The van der Waals surface area contributed by atoms with Gasteiger partial charge in [0.2, 0.25) is 0 Å². The van der Waals surface area contributed by atoms with E-state index in [0.717, 1.165) is 19.6 Å². The van der Waals surface area contributed by atoms with Gasteiger partial charge in [0.25, 0.3) is 0 Å². The normalized spacial score (nSPS) is 12.9. The van der Waals surface area contributed by atoms with Gasteiger partial charge in [-0.2, -0.15) is 0 Å². The fraction of sp³-hybridized carbons (Fsp3) is 0.429. The van der Waals surface area contributed by atoms with Crippen LogP contribution in [-0.2, 0) is 6.54 Å². The highest BCUT2D eigenvalue weighted by molar-refractivity contribution is 5.79. The van der Waals surface area contributed by atoms with Crippen molar-refractivity contribution in [1.82, 2.24) is 20.5 Å². The molecule has 0 aliphatic heterocycles. The van der Waals surface area contributed by atoms with Crippen LogP contribution in [0.1, 0.15) is 38.1 Å². The standard InChI is InChI=1S/C21H30FN5/c1-4-23-21(25-15-19-18(22)13-10-14-24-19)26-16-20(27(5-2)6-3)17-11-8-7-9-12-17/h7-14,20H,4-6,15-16H2,1-3H3,(H2,23,25,26). The van der Waals surface area contributed by atoms with Gasteiger partial charge in [0, 0.05) is 19.3 Å². The van der Waals surface area contributed by atoms with Crippen molar-refractivity contribution in [3.63, 3.8) is 0 Å². The average Bonchev–Trinajstić information content (AvgIpc) is 2.70. The van der Waals surface area contributed by atoms with E-state index in [9.17, 15) is 4.39 Å². The number of hydrogen-bond donors (Lipinski definition) is 2. The number of hydrogen-bond acceptors (Lipinski definition) is 3. The molecule has 0 spiro atoms. The maximum absolute atomic E-state index is 13.8. The van der Waals surface area contributed by atoms with E-state index in [-0.39, 0.29) is 18.4 Å². The lowest BCUT2D eigenvalue weighted by molar-refractivity contribution is 0.219.